The molecule has 0 atom stereocenters. The van der Waals surface area contributed by atoms with Gasteiger partial charge in [0, 0.05) is 31.4 Å². The highest BCUT2D eigenvalue weighted by Gasteiger charge is 2.10. The van der Waals surface area contributed by atoms with E-state index in [9.17, 15) is 0 Å². The molecule has 0 aliphatic heterocycles. The van der Waals surface area contributed by atoms with Gasteiger partial charge in [0.25, 0.3) is 0 Å². The zero-order valence-electron chi connectivity index (χ0n) is 10.3. The van der Waals surface area contributed by atoms with Crippen molar-refractivity contribution in [2.75, 3.05) is 30.4 Å². The van der Waals surface area contributed by atoms with Gasteiger partial charge in [-0.25, -0.2) is 4.98 Å². The highest BCUT2D eigenvalue weighted by molar-refractivity contribution is 5.49. The van der Waals surface area contributed by atoms with Gasteiger partial charge < -0.3 is 10.2 Å². The van der Waals surface area contributed by atoms with Crippen molar-refractivity contribution in [3.63, 3.8) is 0 Å². The van der Waals surface area contributed by atoms with Crippen molar-refractivity contribution in [1.29, 1.82) is 0 Å². The molecule has 1 aromatic heterocycles. The van der Waals surface area contributed by atoms with Gasteiger partial charge in [-0.15, -0.1) is 0 Å². The van der Waals surface area contributed by atoms with E-state index in [1.165, 1.54) is 0 Å². The Balaban J connectivity index is 3.15. The quantitative estimate of drug-likeness (QED) is 0.821. The molecule has 1 heterocycles. The first-order valence-electron chi connectivity index (χ1n) is 5.41. The first-order valence-corrected chi connectivity index (χ1v) is 5.41. The second-order valence-electron chi connectivity index (χ2n) is 3.50. The van der Waals surface area contributed by atoms with E-state index in [-0.39, 0.29) is 0 Å². The molecule has 1 N–H and O–H groups in total. The summed E-state index contributed by atoms with van der Waals surface area (Å²) in [7, 11) is 1.89. The Morgan fingerprint density at radius 3 is 2.20 bits per heavy atom. The van der Waals surface area contributed by atoms with Gasteiger partial charge in [0.05, 0.1) is 0 Å². The van der Waals surface area contributed by atoms with Gasteiger partial charge in [-0.3, -0.25) is 0 Å². The number of hydrogen-bond acceptors (Lipinski definition) is 4. The van der Waals surface area contributed by atoms with Gasteiger partial charge in [-0.2, -0.15) is 4.98 Å². The van der Waals surface area contributed by atoms with Gasteiger partial charge in [-0.05, 0) is 27.7 Å². The molecule has 0 spiro atoms. The van der Waals surface area contributed by atoms with Crippen LogP contribution in [0, 0.1) is 13.8 Å². The molecule has 0 aliphatic rings. The standard InChI is InChI=1S/C11H20N4/c1-6-15(7-2)11-13-9(4)8(3)10(12-5)14-11/h6-7H2,1-5H3,(H,12,13,14). The molecular formula is C11H20N4. The molecule has 15 heavy (non-hydrogen) atoms. The molecule has 0 saturated heterocycles. The molecule has 0 aliphatic carbocycles. The monoisotopic (exact) mass is 208 g/mol. The summed E-state index contributed by atoms with van der Waals surface area (Å²) in [5, 5.41) is 3.10. The van der Waals surface area contributed by atoms with Gasteiger partial charge in [0.15, 0.2) is 0 Å². The molecule has 4 nitrogen and oxygen atoms in total. The summed E-state index contributed by atoms with van der Waals surface area (Å²) in [5.74, 6) is 1.73. The van der Waals surface area contributed by atoms with Crippen molar-refractivity contribution in [2.24, 2.45) is 0 Å². The van der Waals surface area contributed by atoms with Crippen LogP contribution in [-0.2, 0) is 0 Å². The van der Waals surface area contributed by atoms with Gasteiger partial charge in [0.2, 0.25) is 5.95 Å². The first kappa shape index (κ1) is 11.8. The number of hydrogen-bond donors (Lipinski definition) is 1. The largest absolute Gasteiger partial charge is 0.373 e. The Bertz CT molecular complexity index is 332. The van der Waals surface area contributed by atoms with Crippen molar-refractivity contribution in [3.05, 3.63) is 11.3 Å². The lowest BCUT2D eigenvalue weighted by atomic mass is 10.2. The summed E-state index contributed by atoms with van der Waals surface area (Å²) >= 11 is 0. The molecule has 0 fully saturated rings. The fourth-order valence-corrected chi connectivity index (χ4v) is 1.51. The van der Waals surface area contributed by atoms with Gasteiger partial charge in [-0.1, -0.05) is 0 Å². The maximum absolute atomic E-state index is 4.50. The zero-order valence-corrected chi connectivity index (χ0v) is 10.3. The van der Waals surface area contributed by atoms with E-state index in [2.05, 4.69) is 34.0 Å². The van der Waals surface area contributed by atoms with E-state index < -0.39 is 0 Å². The second kappa shape index (κ2) is 4.96. The van der Waals surface area contributed by atoms with Crippen LogP contribution in [0.25, 0.3) is 0 Å². The van der Waals surface area contributed by atoms with Gasteiger partial charge in [0.1, 0.15) is 5.82 Å². The Labute approximate surface area is 91.7 Å². The summed E-state index contributed by atoms with van der Waals surface area (Å²) < 4.78 is 0. The third kappa shape index (κ3) is 2.37. The topological polar surface area (TPSA) is 41.1 Å². The van der Waals surface area contributed by atoms with Crippen LogP contribution in [0.3, 0.4) is 0 Å². The lowest BCUT2D eigenvalue weighted by Crippen LogP contribution is -2.25. The summed E-state index contributed by atoms with van der Waals surface area (Å²) in [6.07, 6.45) is 0. The maximum atomic E-state index is 4.50. The molecule has 0 saturated carbocycles. The number of aromatic nitrogens is 2. The fraction of sp³-hybridized carbons (Fsp3) is 0.636. The third-order valence-corrected chi connectivity index (χ3v) is 2.66. The Kier molecular flexibility index (Phi) is 3.88. The van der Waals surface area contributed by atoms with Crippen LogP contribution >= 0.6 is 0 Å². The van der Waals surface area contributed by atoms with Crippen LogP contribution < -0.4 is 10.2 Å². The normalized spacial score (nSPS) is 10.2. The van der Waals surface area contributed by atoms with E-state index in [1.54, 1.807) is 0 Å². The number of rotatable bonds is 4. The van der Waals surface area contributed by atoms with Crippen molar-refractivity contribution < 1.29 is 0 Å². The minimum atomic E-state index is 0.812. The Morgan fingerprint density at radius 1 is 1.13 bits per heavy atom. The van der Waals surface area contributed by atoms with E-state index in [0.29, 0.717) is 0 Å². The van der Waals surface area contributed by atoms with Crippen LogP contribution in [0.1, 0.15) is 25.1 Å². The molecule has 1 aromatic rings. The Hall–Kier alpha value is -1.32. The predicted octanol–water partition coefficient (Wildman–Crippen LogP) is 1.98. The number of anilines is 2. The van der Waals surface area contributed by atoms with Crippen LogP contribution in [-0.4, -0.2) is 30.1 Å². The summed E-state index contributed by atoms with van der Waals surface area (Å²) in [5.41, 5.74) is 2.16. The van der Waals surface area contributed by atoms with E-state index >= 15 is 0 Å². The Morgan fingerprint density at radius 2 is 1.73 bits per heavy atom. The number of nitrogens with one attached hydrogen (secondary N) is 1. The van der Waals surface area contributed by atoms with Crippen LogP contribution in [0.5, 0.6) is 0 Å². The molecule has 0 unspecified atom stereocenters. The molecular weight excluding hydrogens is 188 g/mol. The number of nitrogens with zero attached hydrogens (tertiary/aromatic N) is 3. The fourth-order valence-electron chi connectivity index (χ4n) is 1.51. The second-order valence-corrected chi connectivity index (χ2v) is 3.50. The highest BCUT2D eigenvalue weighted by atomic mass is 15.3. The zero-order chi connectivity index (χ0) is 11.4. The smallest absolute Gasteiger partial charge is 0.227 e. The van der Waals surface area contributed by atoms with Crippen LogP contribution in [0.2, 0.25) is 0 Å². The molecule has 0 radical (unpaired) electrons. The predicted molar refractivity (Wildman–Crippen MR) is 64.6 cm³/mol. The maximum Gasteiger partial charge on any atom is 0.227 e. The van der Waals surface area contributed by atoms with Crippen molar-refractivity contribution >= 4 is 11.8 Å². The minimum absolute atomic E-state index is 0.812. The average molecular weight is 208 g/mol. The first-order chi connectivity index (χ1) is 7.13. The van der Waals surface area contributed by atoms with Crippen molar-refractivity contribution in [2.45, 2.75) is 27.7 Å². The SMILES string of the molecule is CCN(CC)c1nc(C)c(C)c(NC)n1. The van der Waals surface area contributed by atoms with Crippen molar-refractivity contribution in [1.82, 2.24) is 9.97 Å². The lowest BCUT2D eigenvalue weighted by Gasteiger charge is -2.20. The van der Waals surface area contributed by atoms with E-state index in [4.69, 9.17) is 0 Å². The molecule has 1 rings (SSSR count). The molecule has 0 bridgehead atoms. The summed E-state index contributed by atoms with van der Waals surface area (Å²) in [6, 6.07) is 0. The lowest BCUT2D eigenvalue weighted by molar-refractivity contribution is 0.814. The molecule has 4 heteroatoms. The average Bonchev–Trinajstić information content (AvgIpc) is 2.24. The van der Waals surface area contributed by atoms with E-state index in [0.717, 1.165) is 36.1 Å². The highest BCUT2D eigenvalue weighted by Crippen LogP contribution is 2.18. The molecule has 0 aromatic carbocycles. The van der Waals surface area contributed by atoms with Crippen LogP contribution in [0.4, 0.5) is 11.8 Å². The summed E-state index contributed by atoms with van der Waals surface area (Å²) in [6.45, 7) is 10.1. The van der Waals surface area contributed by atoms with Crippen molar-refractivity contribution in [3.8, 4) is 0 Å². The molecule has 84 valence electrons. The van der Waals surface area contributed by atoms with E-state index in [1.807, 2.05) is 20.9 Å². The molecule has 0 amide bonds. The third-order valence-electron chi connectivity index (χ3n) is 2.66. The summed E-state index contributed by atoms with van der Waals surface area (Å²) in [4.78, 5) is 11.1. The number of aryl methyl sites for hydroxylation is 1. The van der Waals surface area contributed by atoms with Gasteiger partial charge >= 0.3 is 0 Å². The van der Waals surface area contributed by atoms with Crippen LogP contribution in [0.15, 0.2) is 0 Å². The minimum Gasteiger partial charge on any atom is -0.373 e.